The number of hydrogen-bond acceptors (Lipinski definition) is 4. The Hall–Kier alpha value is -3.16. The predicted molar refractivity (Wildman–Crippen MR) is 130 cm³/mol. The zero-order chi connectivity index (χ0) is 22.9. The van der Waals surface area contributed by atoms with Crippen LogP contribution in [0.3, 0.4) is 0 Å². The first kappa shape index (κ1) is 23.5. The molecule has 0 radical (unpaired) electrons. The molecule has 0 saturated heterocycles. The van der Waals surface area contributed by atoms with Crippen LogP contribution in [-0.4, -0.2) is 24.1 Å². The molecule has 3 aromatic rings. The summed E-state index contributed by atoms with van der Waals surface area (Å²) in [6.45, 7) is 1.68. The number of carbonyl (C=O) groups excluding carboxylic acids is 2. The third-order valence-electron chi connectivity index (χ3n) is 4.40. The van der Waals surface area contributed by atoms with Crippen LogP contribution in [0.1, 0.15) is 18.1 Å². The van der Waals surface area contributed by atoms with E-state index in [1.54, 1.807) is 43.3 Å². The lowest BCUT2D eigenvalue weighted by atomic mass is 10.1. The molecule has 0 spiro atoms. The summed E-state index contributed by atoms with van der Waals surface area (Å²) in [5, 5.41) is 7.53. The van der Waals surface area contributed by atoms with Crippen molar-refractivity contribution in [2.24, 2.45) is 5.10 Å². The summed E-state index contributed by atoms with van der Waals surface area (Å²) in [7, 11) is 0. The van der Waals surface area contributed by atoms with E-state index in [0.717, 1.165) is 15.6 Å². The summed E-state index contributed by atoms with van der Waals surface area (Å²) in [6.07, 6.45) is 0.243. The zero-order valence-corrected chi connectivity index (χ0v) is 19.6. The first-order valence-electron chi connectivity index (χ1n) is 9.75. The maximum absolute atomic E-state index is 12.1. The van der Waals surface area contributed by atoms with Gasteiger partial charge in [-0.05, 0) is 66.6 Å². The van der Waals surface area contributed by atoms with E-state index < -0.39 is 0 Å². The minimum Gasteiger partial charge on any atom is -0.484 e. The Morgan fingerprint density at radius 1 is 0.938 bits per heavy atom. The molecule has 0 bridgehead atoms. The molecule has 32 heavy (non-hydrogen) atoms. The van der Waals surface area contributed by atoms with Gasteiger partial charge in [0.1, 0.15) is 5.75 Å². The van der Waals surface area contributed by atoms with Crippen LogP contribution < -0.4 is 15.5 Å². The van der Waals surface area contributed by atoms with Crippen molar-refractivity contribution in [2.75, 3.05) is 11.9 Å². The Morgan fingerprint density at radius 3 is 2.25 bits per heavy atom. The average Bonchev–Trinajstić information content (AvgIpc) is 2.79. The summed E-state index contributed by atoms with van der Waals surface area (Å²) >= 11 is 9.19. The molecule has 0 heterocycles. The largest absolute Gasteiger partial charge is 0.484 e. The SMILES string of the molecule is CC(=NNC(=O)Cc1ccc(Br)cc1)c1ccc(NC(=O)COc2ccc(Cl)cc2)cc1. The van der Waals surface area contributed by atoms with Gasteiger partial charge >= 0.3 is 0 Å². The second-order valence-electron chi connectivity index (χ2n) is 6.90. The molecule has 8 heteroatoms. The maximum Gasteiger partial charge on any atom is 0.262 e. The molecule has 0 aromatic heterocycles. The van der Waals surface area contributed by atoms with Gasteiger partial charge in [0.05, 0.1) is 12.1 Å². The summed E-state index contributed by atoms with van der Waals surface area (Å²) in [4.78, 5) is 24.2. The Kier molecular flexibility index (Phi) is 8.41. The fourth-order valence-corrected chi connectivity index (χ4v) is 3.10. The van der Waals surface area contributed by atoms with Gasteiger partial charge in [0, 0.05) is 15.2 Å². The summed E-state index contributed by atoms with van der Waals surface area (Å²) in [5.74, 6) is 0.0865. The standard InChI is InChI=1S/C24H21BrClN3O3/c1-16(28-29-23(30)14-17-2-6-19(25)7-3-17)18-4-10-21(11-5-18)27-24(31)15-32-22-12-8-20(26)9-13-22/h2-13H,14-15H2,1H3,(H,27,31)(H,29,30). The average molecular weight is 515 g/mol. The number of hydrogen-bond donors (Lipinski definition) is 2. The quantitative estimate of drug-likeness (QED) is 0.320. The van der Waals surface area contributed by atoms with Crippen LogP contribution >= 0.6 is 27.5 Å². The molecule has 2 amide bonds. The van der Waals surface area contributed by atoms with E-state index in [1.807, 2.05) is 36.4 Å². The van der Waals surface area contributed by atoms with Crippen molar-refractivity contribution in [1.82, 2.24) is 5.43 Å². The number of hydrazone groups is 1. The molecule has 0 unspecified atom stereocenters. The normalized spacial score (nSPS) is 11.0. The number of anilines is 1. The number of halogens is 2. The van der Waals surface area contributed by atoms with Crippen molar-refractivity contribution >= 4 is 50.7 Å². The number of carbonyl (C=O) groups is 2. The fourth-order valence-electron chi connectivity index (χ4n) is 2.71. The van der Waals surface area contributed by atoms with Crippen molar-refractivity contribution in [3.63, 3.8) is 0 Å². The van der Waals surface area contributed by atoms with Crippen LogP contribution in [0.15, 0.2) is 82.4 Å². The van der Waals surface area contributed by atoms with Crippen LogP contribution in [0.2, 0.25) is 5.02 Å². The molecule has 2 N–H and O–H groups in total. The van der Waals surface area contributed by atoms with Crippen LogP contribution in [0.4, 0.5) is 5.69 Å². The van der Waals surface area contributed by atoms with Gasteiger partial charge in [-0.3, -0.25) is 9.59 Å². The van der Waals surface area contributed by atoms with Gasteiger partial charge in [-0.1, -0.05) is 51.8 Å². The highest BCUT2D eigenvalue weighted by Crippen LogP contribution is 2.16. The molecule has 0 aliphatic rings. The smallest absolute Gasteiger partial charge is 0.262 e. The minimum atomic E-state index is -0.279. The Bertz CT molecular complexity index is 1100. The number of nitrogens with one attached hydrogen (secondary N) is 2. The number of ether oxygens (including phenoxy) is 1. The van der Waals surface area contributed by atoms with Gasteiger partial charge in [-0.25, -0.2) is 5.43 Å². The van der Waals surface area contributed by atoms with Crippen LogP contribution in [0.25, 0.3) is 0 Å². The second-order valence-corrected chi connectivity index (χ2v) is 8.26. The molecule has 164 valence electrons. The third kappa shape index (κ3) is 7.51. The maximum atomic E-state index is 12.1. The van der Waals surface area contributed by atoms with E-state index in [4.69, 9.17) is 16.3 Å². The third-order valence-corrected chi connectivity index (χ3v) is 5.18. The molecular formula is C24H21BrClN3O3. The van der Waals surface area contributed by atoms with Gasteiger partial charge in [0.25, 0.3) is 5.91 Å². The van der Waals surface area contributed by atoms with E-state index in [1.165, 1.54) is 0 Å². The lowest BCUT2D eigenvalue weighted by Gasteiger charge is -2.08. The number of benzene rings is 3. The molecule has 3 aromatic carbocycles. The Balaban J connectivity index is 1.48. The lowest BCUT2D eigenvalue weighted by Crippen LogP contribution is -2.21. The van der Waals surface area contributed by atoms with Gasteiger partial charge in [-0.2, -0.15) is 5.10 Å². The topological polar surface area (TPSA) is 79.8 Å². The van der Waals surface area contributed by atoms with E-state index in [9.17, 15) is 9.59 Å². The Morgan fingerprint density at radius 2 is 1.59 bits per heavy atom. The van der Waals surface area contributed by atoms with E-state index >= 15 is 0 Å². The summed E-state index contributed by atoms with van der Waals surface area (Å²) in [6, 6.07) is 21.5. The molecule has 6 nitrogen and oxygen atoms in total. The van der Waals surface area contributed by atoms with E-state index in [2.05, 4.69) is 31.8 Å². The summed E-state index contributed by atoms with van der Waals surface area (Å²) < 4.78 is 6.39. The molecule has 3 rings (SSSR count). The highest BCUT2D eigenvalue weighted by molar-refractivity contribution is 9.10. The molecule has 0 aliphatic carbocycles. The highest BCUT2D eigenvalue weighted by atomic mass is 79.9. The van der Waals surface area contributed by atoms with Crippen LogP contribution in [-0.2, 0) is 16.0 Å². The van der Waals surface area contributed by atoms with E-state index in [-0.39, 0.29) is 24.8 Å². The first-order chi connectivity index (χ1) is 15.4. The van der Waals surface area contributed by atoms with Gasteiger partial charge in [0.15, 0.2) is 6.61 Å². The van der Waals surface area contributed by atoms with Gasteiger partial charge in [0.2, 0.25) is 5.91 Å². The van der Waals surface area contributed by atoms with Crippen molar-refractivity contribution in [1.29, 1.82) is 0 Å². The van der Waals surface area contributed by atoms with Crippen molar-refractivity contribution in [2.45, 2.75) is 13.3 Å². The van der Waals surface area contributed by atoms with Crippen LogP contribution in [0.5, 0.6) is 5.75 Å². The summed E-state index contributed by atoms with van der Waals surface area (Å²) in [5.41, 5.74) is 5.58. The lowest BCUT2D eigenvalue weighted by molar-refractivity contribution is -0.120. The monoisotopic (exact) mass is 513 g/mol. The molecular weight excluding hydrogens is 494 g/mol. The van der Waals surface area contributed by atoms with Crippen molar-refractivity contribution in [3.8, 4) is 5.75 Å². The fraction of sp³-hybridized carbons (Fsp3) is 0.125. The molecule has 0 saturated carbocycles. The van der Waals surface area contributed by atoms with Crippen molar-refractivity contribution in [3.05, 3.63) is 93.4 Å². The predicted octanol–water partition coefficient (Wildman–Crippen LogP) is 5.20. The zero-order valence-electron chi connectivity index (χ0n) is 17.3. The number of rotatable bonds is 8. The minimum absolute atomic E-state index is 0.117. The van der Waals surface area contributed by atoms with E-state index in [0.29, 0.717) is 22.2 Å². The number of amides is 2. The van der Waals surface area contributed by atoms with Gasteiger partial charge in [-0.15, -0.1) is 0 Å². The first-order valence-corrected chi connectivity index (χ1v) is 10.9. The molecule has 0 aliphatic heterocycles. The molecule has 0 atom stereocenters. The number of nitrogens with zero attached hydrogens (tertiary/aromatic N) is 1. The van der Waals surface area contributed by atoms with Gasteiger partial charge < -0.3 is 10.1 Å². The second kappa shape index (κ2) is 11.5. The Labute approximate surface area is 199 Å². The van der Waals surface area contributed by atoms with Crippen molar-refractivity contribution < 1.29 is 14.3 Å². The molecule has 0 fully saturated rings. The van der Waals surface area contributed by atoms with Crippen LogP contribution in [0, 0.1) is 0 Å². The highest BCUT2D eigenvalue weighted by Gasteiger charge is 2.06.